The van der Waals surface area contributed by atoms with E-state index in [2.05, 4.69) is 15.6 Å². The number of benzene rings is 2. The van der Waals surface area contributed by atoms with Crippen LogP contribution in [0.15, 0.2) is 54.6 Å². The van der Waals surface area contributed by atoms with Crippen molar-refractivity contribution in [3.05, 3.63) is 76.3 Å². The highest BCUT2D eigenvalue weighted by Gasteiger charge is 2.28. The van der Waals surface area contributed by atoms with Crippen molar-refractivity contribution in [2.45, 2.75) is 45.9 Å². The van der Waals surface area contributed by atoms with Crippen molar-refractivity contribution in [3.63, 3.8) is 0 Å². The second-order valence-electron chi connectivity index (χ2n) is 8.89. The fraction of sp³-hybridized carbons (Fsp3) is 0.333. The Bertz CT molecular complexity index is 1250. The average Bonchev–Trinajstić information content (AvgIpc) is 3.49. The molecule has 1 aliphatic rings. The Kier molecular flexibility index (Phi) is 8.39. The first kappa shape index (κ1) is 26.2. The monoisotopic (exact) mass is 522 g/mol. The van der Waals surface area contributed by atoms with E-state index in [4.69, 9.17) is 9.47 Å². The van der Waals surface area contributed by atoms with Gasteiger partial charge in [-0.25, -0.2) is 9.78 Å². The maximum atomic E-state index is 12.7. The van der Waals surface area contributed by atoms with Gasteiger partial charge in [0.25, 0.3) is 5.91 Å². The van der Waals surface area contributed by atoms with Crippen LogP contribution in [-0.4, -0.2) is 47.0 Å². The number of hydrogen-bond donors (Lipinski definition) is 2. The molecule has 0 bridgehead atoms. The molecular formula is C27H30N4O5S. The minimum Gasteiger partial charge on any atom is -0.489 e. The van der Waals surface area contributed by atoms with Crippen LogP contribution in [0.5, 0.6) is 5.75 Å². The van der Waals surface area contributed by atoms with Crippen LogP contribution in [0.1, 0.15) is 52.8 Å². The lowest BCUT2D eigenvalue weighted by atomic mass is 10.1. The molecule has 1 saturated heterocycles. The maximum absolute atomic E-state index is 12.7. The molecule has 37 heavy (non-hydrogen) atoms. The summed E-state index contributed by atoms with van der Waals surface area (Å²) >= 11 is 1.15. The molecule has 10 heteroatoms. The number of aromatic nitrogens is 1. The molecule has 3 aromatic rings. The van der Waals surface area contributed by atoms with Crippen molar-refractivity contribution in [1.29, 1.82) is 0 Å². The third-order valence-corrected chi connectivity index (χ3v) is 7.00. The zero-order chi connectivity index (χ0) is 26.4. The van der Waals surface area contributed by atoms with Crippen molar-refractivity contribution in [2.75, 3.05) is 18.4 Å². The highest BCUT2D eigenvalue weighted by molar-refractivity contribution is 7.17. The maximum Gasteiger partial charge on any atom is 0.410 e. The van der Waals surface area contributed by atoms with Gasteiger partial charge in [0.1, 0.15) is 23.3 Å². The van der Waals surface area contributed by atoms with Gasteiger partial charge in [-0.1, -0.05) is 53.8 Å². The number of anilines is 1. The number of rotatable bonds is 8. The van der Waals surface area contributed by atoms with Gasteiger partial charge in [0, 0.05) is 19.9 Å². The SMILES string of the molecule is CC(=O)Nc1nc(C)c(C(=O)N[C@@H](C)c2ccc(OC3CCN(C(=O)OCc4ccccc4)C3)cc2)s1. The summed E-state index contributed by atoms with van der Waals surface area (Å²) in [6.45, 7) is 6.33. The number of aryl methyl sites for hydroxylation is 1. The third-order valence-electron chi connectivity index (χ3n) is 5.92. The fourth-order valence-corrected chi connectivity index (χ4v) is 4.90. The minimum absolute atomic E-state index is 0.112. The van der Waals surface area contributed by atoms with Crippen LogP contribution in [-0.2, 0) is 16.1 Å². The first-order valence-electron chi connectivity index (χ1n) is 12.1. The zero-order valence-corrected chi connectivity index (χ0v) is 21.8. The molecule has 194 valence electrons. The molecule has 2 heterocycles. The fourth-order valence-electron chi connectivity index (χ4n) is 3.99. The molecule has 4 rings (SSSR count). The van der Waals surface area contributed by atoms with E-state index in [1.807, 2.05) is 61.5 Å². The van der Waals surface area contributed by atoms with Crippen molar-refractivity contribution in [2.24, 2.45) is 0 Å². The minimum atomic E-state index is -0.338. The lowest BCUT2D eigenvalue weighted by Crippen LogP contribution is -2.31. The molecule has 2 aromatic carbocycles. The molecule has 0 aliphatic carbocycles. The van der Waals surface area contributed by atoms with E-state index in [0.717, 1.165) is 28.9 Å². The van der Waals surface area contributed by atoms with Gasteiger partial charge < -0.3 is 25.0 Å². The molecule has 2 atom stereocenters. The van der Waals surface area contributed by atoms with Gasteiger partial charge >= 0.3 is 6.09 Å². The molecule has 2 N–H and O–H groups in total. The number of carbonyl (C=O) groups is 3. The Morgan fingerprint density at radius 1 is 1.14 bits per heavy atom. The molecular weight excluding hydrogens is 492 g/mol. The van der Waals surface area contributed by atoms with Gasteiger partial charge in [-0.2, -0.15) is 0 Å². The van der Waals surface area contributed by atoms with Crippen LogP contribution < -0.4 is 15.4 Å². The summed E-state index contributed by atoms with van der Waals surface area (Å²) < 4.78 is 11.5. The van der Waals surface area contributed by atoms with Crippen LogP contribution in [0, 0.1) is 6.92 Å². The molecule has 1 unspecified atom stereocenters. The molecule has 0 saturated carbocycles. The Morgan fingerprint density at radius 2 is 1.86 bits per heavy atom. The number of nitrogens with one attached hydrogen (secondary N) is 2. The van der Waals surface area contributed by atoms with Crippen molar-refractivity contribution in [3.8, 4) is 5.75 Å². The van der Waals surface area contributed by atoms with Crippen molar-refractivity contribution in [1.82, 2.24) is 15.2 Å². The summed E-state index contributed by atoms with van der Waals surface area (Å²) in [5.41, 5.74) is 2.43. The number of carbonyl (C=O) groups excluding carboxylic acids is 3. The van der Waals surface area contributed by atoms with E-state index in [-0.39, 0.29) is 36.7 Å². The summed E-state index contributed by atoms with van der Waals surface area (Å²) in [6.07, 6.45) is 0.276. The molecule has 9 nitrogen and oxygen atoms in total. The average molecular weight is 523 g/mol. The van der Waals surface area contributed by atoms with Crippen molar-refractivity contribution >= 4 is 34.4 Å². The molecule has 3 amide bonds. The van der Waals surface area contributed by atoms with Gasteiger partial charge in [-0.3, -0.25) is 9.59 Å². The van der Waals surface area contributed by atoms with Gasteiger partial charge in [0.05, 0.1) is 18.3 Å². The molecule has 0 radical (unpaired) electrons. The largest absolute Gasteiger partial charge is 0.489 e. The van der Waals surface area contributed by atoms with Crippen LogP contribution in [0.25, 0.3) is 0 Å². The molecule has 1 aromatic heterocycles. The summed E-state index contributed by atoms with van der Waals surface area (Å²) in [5.74, 6) is 0.222. The molecule has 0 spiro atoms. The van der Waals surface area contributed by atoms with Gasteiger partial charge in [0.2, 0.25) is 5.91 Å². The van der Waals surface area contributed by atoms with E-state index in [9.17, 15) is 14.4 Å². The Morgan fingerprint density at radius 3 is 2.57 bits per heavy atom. The smallest absolute Gasteiger partial charge is 0.410 e. The highest BCUT2D eigenvalue weighted by Crippen LogP contribution is 2.25. The van der Waals surface area contributed by atoms with Crippen molar-refractivity contribution < 1.29 is 23.9 Å². The lowest BCUT2D eigenvalue weighted by Gasteiger charge is -2.18. The van der Waals surface area contributed by atoms with Crippen LogP contribution in [0.2, 0.25) is 0 Å². The second-order valence-corrected chi connectivity index (χ2v) is 9.89. The van der Waals surface area contributed by atoms with Crippen LogP contribution in [0.4, 0.5) is 9.93 Å². The highest BCUT2D eigenvalue weighted by atomic mass is 32.1. The van der Waals surface area contributed by atoms with Crippen LogP contribution in [0.3, 0.4) is 0 Å². The van der Waals surface area contributed by atoms with Gasteiger partial charge in [-0.15, -0.1) is 0 Å². The van der Waals surface area contributed by atoms with E-state index in [1.165, 1.54) is 6.92 Å². The quantitative estimate of drug-likeness (QED) is 0.444. The van der Waals surface area contributed by atoms with Crippen LogP contribution >= 0.6 is 11.3 Å². The second kappa shape index (κ2) is 11.9. The first-order chi connectivity index (χ1) is 17.8. The number of amides is 3. The van der Waals surface area contributed by atoms with E-state index < -0.39 is 0 Å². The number of hydrogen-bond acceptors (Lipinski definition) is 7. The summed E-state index contributed by atoms with van der Waals surface area (Å²) in [7, 11) is 0. The van der Waals surface area contributed by atoms with E-state index in [1.54, 1.807) is 11.8 Å². The number of thiazole rings is 1. The predicted molar refractivity (Wildman–Crippen MR) is 141 cm³/mol. The van der Waals surface area contributed by atoms with E-state index >= 15 is 0 Å². The molecule has 1 aliphatic heterocycles. The normalized spacial score (nSPS) is 15.6. The molecule has 1 fully saturated rings. The van der Waals surface area contributed by atoms with Gasteiger partial charge in [-0.05, 0) is 37.1 Å². The Hall–Kier alpha value is -3.92. The zero-order valence-electron chi connectivity index (χ0n) is 21.0. The standard InChI is InChI=1S/C27H30N4O5S/c1-17(28-25(33)24-18(2)29-26(37-24)30-19(3)32)21-9-11-22(12-10-21)36-23-13-14-31(15-23)27(34)35-16-20-7-5-4-6-8-20/h4-12,17,23H,13-16H2,1-3H3,(H,28,33)(H,29,30,32)/t17-,23?/m0/s1. The summed E-state index contributed by atoms with van der Waals surface area (Å²) in [5, 5.41) is 5.99. The Balaban J connectivity index is 1.25. The topological polar surface area (TPSA) is 110 Å². The lowest BCUT2D eigenvalue weighted by molar-refractivity contribution is -0.114. The number of nitrogens with zero attached hydrogens (tertiary/aromatic N) is 2. The number of likely N-dealkylation sites (tertiary alicyclic amines) is 1. The first-order valence-corrected chi connectivity index (χ1v) is 12.9. The van der Waals surface area contributed by atoms with Gasteiger partial charge in [0.15, 0.2) is 5.13 Å². The Labute approximate surface area is 219 Å². The predicted octanol–water partition coefficient (Wildman–Crippen LogP) is 4.69. The van der Waals surface area contributed by atoms with E-state index in [0.29, 0.717) is 34.5 Å². The number of ether oxygens (including phenoxy) is 2. The third kappa shape index (κ3) is 7.07. The summed E-state index contributed by atoms with van der Waals surface area (Å²) in [6, 6.07) is 16.9. The summed E-state index contributed by atoms with van der Waals surface area (Å²) in [4.78, 5) is 42.7.